The van der Waals surface area contributed by atoms with Gasteiger partial charge in [0.05, 0.1) is 0 Å². The lowest BCUT2D eigenvalue weighted by atomic mass is 10.00. The number of fused-ring (bicyclic) bond motifs is 1. The Bertz CT molecular complexity index is 1080. The summed E-state index contributed by atoms with van der Waals surface area (Å²) < 4.78 is 25.7. The molecule has 0 spiro atoms. The van der Waals surface area contributed by atoms with Crippen LogP contribution in [0.4, 0.5) is 11.6 Å². The first-order valence-corrected chi connectivity index (χ1v) is 10.9. The topological polar surface area (TPSA) is 87.2 Å². The van der Waals surface area contributed by atoms with Gasteiger partial charge in [-0.3, -0.25) is 0 Å². The molecule has 0 saturated carbocycles. The average Bonchev–Trinajstić information content (AvgIpc) is 2.78. The van der Waals surface area contributed by atoms with Crippen LogP contribution in [-0.2, 0) is 29.5 Å². The fourth-order valence-corrected chi connectivity index (χ4v) is 4.03. The molecule has 29 heavy (non-hydrogen) atoms. The molecule has 0 aliphatic carbocycles. The number of rotatable bonds is 6. The van der Waals surface area contributed by atoms with E-state index in [-0.39, 0.29) is 4.90 Å². The van der Waals surface area contributed by atoms with Gasteiger partial charge in [0.1, 0.15) is 16.5 Å². The largest absolute Gasteiger partial charge is 0.366 e. The lowest BCUT2D eigenvalue weighted by molar-refractivity contribution is 0.588. The molecule has 150 valence electrons. The van der Waals surface area contributed by atoms with E-state index in [2.05, 4.69) is 55.2 Å². The first kappa shape index (κ1) is 19.4. The molecule has 7 nitrogen and oxygen atoms in total. The summed E-state index contributed by atoms with van der Waals surface area (Å²) in [6.45, 7) is 2.40. The second kappa shape index (κ2) is 8.18. The van der Waals surface area contributed by atoms with E-state index in [0.29, 0.717) is 12.4 Å². The van der Waals surface area contributed by atoms with E-state index in [0.717, 1.165) is 30.9 Å². The highest BCUT2D eigenvalue weighted by Crippen LogP contribution is 2.23. The minimum absolute atomic E-state index is 0.139. The second-order valence-corrected chi connectivity index (χ2v) is 8.79. The van der Waals surface area contributed by atoms with Crippen LogP contribution in [0.15, 0.2) is 65.8 Å². The molecule has 3 heterocycles. The van der Waals surface area contributed by atoms with Crippen LogP contribution in [0.1, 0.15) is 16.7 Å². The Morgan fingerprint density at radius 3 is 2.52 bits per heavy atom. The number of hydrogen-bond acceptors (Lipinski definition) is 6. The molecule has 0 fully saturated rings. The quantitative estimate of drug-likeness (QED) is 0.651. The second-order valence-electron chi connectivity index (χ2n) is 6.91. The predicted octanol–water partition coefficient (Wildman–Crippen LogP) is 2.56. The van der Waals surface area contributed by atoms with E-state index < -0.39 is 10.0 Å². The van der Waals surface area contributed by atoms with Crippen LogP contribution < -0.4 is 14.9 Å². The average molecular weight is 410 g/mol. The Labute approximate surface area is 170 Å². The summed E-state index contributed by atoms with van der Waals surface area (Å²) in [5.74, 6) is 1.58. The Morgan fingerprint density at radius 2 is 1.83 bits per heavy atom. The first-order chi connectivity index (χ1) is 14.0. The summed E-state index contributed by atoms with van der Waals surface area (Å²) in [5.41, 5.74) is 3.81. The highest BCUT2D eigenvalue weighted by atomic mass is 32.2. The molecule has 0 atom stereocenters. The normalized spacial score (nSPS) is 13.8. The molecule has 2 aromatic heterocycles. The molecule has 0 saturated heterocycles. The van der Waals surface area contributed by atoms with Gasteiger partial charge in [-0.05, 0) is 48.4 Å². The van der Waals surface area contributed by atoms with Crippen LogP contribution in [-0.4, -0.2) is 32.0 Å². The van der Waals surface area contributed by atoms with Crippen molar-refractivity contribution in [1.82, 2.24) is 14.7 Å². The number of benzene rings is 1. The van der Waals surface area contributed by atoms with Gasteiger partial charge in [-0.1, -0.05) is 30.3 Å². The smallest absolute Gasteiger partial charge is 0.241 e. The van der Waals surface area contributed by atoms with Crippen LogP contribution in [0, 0.1) is 0 Å². The molecule has 1 aromatic carbocycles. The van der Waals surface area contributed by atoms with E-state index in [9.17, 15) is 8.42 Å². The summed E-state index contributed by atoms with van der Waals surface area (Å²) in [5, 5.41) is 3.19. The van der Waals surface area contributed by atoms with Crippen molar-refractivity contribution >= 4 is 21.7 Å². The van der Waals surface area contributed by atoms with Gasteiger partial charge in [0.25, 0.3) is 0 Å². The molecule has 0 unspecified atom stereocenters. The molecule has 1 aliphatic rings. The Balaban J connectivity index is 1.37. The molecule has 0 radical (unpaired) electrons. The van der Waals surface area contributed by atoms with Crippen LogP contribution >= 0.6 is 0 Å². The number of nitrogens with zero attached hydrogens (tertiary/aromatic N) is 3. The van der Waals surface area contributed by atoms with Crippen LogP contribution in [0.25, 0.3) is 0 Å². The van der Waals surface area contributed by atoms with Crippen LogP contribution in [0.2, 0.25) is 0 Å². The Kier molecular flexibility index (Phi) is 5.46. The SMILES string of the molecule is CNS(=O)(=O)c1ccc(NCc2ccc(N3CCc4ccccc4C3)nc2)nc1. The maximum Gasteiger partial charge on any atom is 0.241 e. The molecule has 3 aromatic rings. The highest BCUT2D eigenvalue weighted by Gasteiger charge is 2.16. The fourth-order valence-electron chi connectivity index (χ4n) is 3.35. The van der Waals surface area contributed by atoms with Crippen molar-refractivity contribution < 1.29 is 8.42 Å². The Morgan fingerprint density at radius 1 is 1.00 bits per heavy atom. The van der Waals surface area contributed by atoms with Crippen molar-refractivity contribution in [2.24, 2.45) is 0 Å². The van der Waals surface area contributed by atoms with Gasteiger partial charge in [0, 0.05) is 32.0 Å². The van der Waals surface area contributed by atoms with Gasteiger partial charge in [0.15, 0.2) is 0 Å². The third-order valence-electron chi connectivity index (χ3n) is 5.05. The zero-order valence-electron chi connectivity index (χ0n) is 16.2. The Hall–Kier alpha value is -2.97. The number of aromatic nitrogens is 2. The minimum atomic E-state index is -3.47. The summed E-state index contributed by atoms with van der Waals surface area (Å²) in [6.07, 6.45) is 4.23. The number of hydrogen-bond donors (Lipinski definition) is 2. The molecule has 1 aliphatic heterocycles. The maximum absolute atomic E-state index is 11.7. The number of sulfonamides is 1. The summed E-state index contributed by atoms with van der Waals surface area (Å²) in [7, 11) is -2.10. The van der Waals surface area contributed by atoms with E-state index in [1.165, 1.54) is 30.4 Å². The monoisotopic (exact) mass is 409 g/mol. The lowest BCUT2D eigenvalue weighted by Gasteiger charge is -2.29. The fraction of sp³-hybridized carbons (Fsp3) is 0.238. The zero-order valence-corrected chi connectivity index (χ0v) is 17.0. The molecular weight excluding hydrogens is 386 g/mol. The highest BCUT2D eigenvalue weighted by molar-refractivity contribution is 7.89. The zero-order chi connectivity index (χ0) is 20.3. The molecule has 0 amide bonds. The summed E-state index contributed by atoms with van der Waals surface area (Å²) in [4.78, 5) is 11.2. The maximum atomic E-state index is 11.7. The van der Waals surface area contributed by atoms with Crippen molar-refractivity contribution in [3.05, 3.63) is 77.6 Å². The minimum Gasteiger partial charge on any atom is -0.366 e. The predicted molar refractivity (Wildman–Crippen MR) is 113 cm³/mol. The molecule has 2 N–H and O–H groups in total. The lowest BCUT2D eigenvalue weighted by Crippen LogP contribution is -2.30. The van der Waals surface area contributed by atoms with Crippen LogP contribution in [0.5, 0.6) is 0 Å². The molecular formula is C21H23N5O2S. The molecule has 4 rings (SSSR count). The standard InChI is InChI=1S/C21H23N5O2S/c1-22-29(27,28)19-7-8-20(24-14-19)23-12-16-6-9-21(25-13-16)26-11-10-17-4-2-3-5-18(17)15-26/h2-9,13-14,22H,10-12,15H2,1H3,(H,23,24). The van der Waals surface area contributed by atoms with Crippen LogP contribution in [0.3, 0.4) is 0 Å². The third kappa shape index (κ3) is 4.38. The first-order valence-electron chi connectivity index (χ1n) is 9.45. The molecule has 0 bridgehead atoms. The van der Waals surface area contributed by atoms with Gasteiger partial charge in [-0.15, -0.1) is 0 Å². The van der Waals surface area contributed by atoms with Gasteiger partial charge in [0.2, 0.25) is 10.0 Å². The molecule has 8 heteroatoms. The van der Waals surface area contributed by atoms with Crippen molar-refractivity contribution in [2.45, 2.75) is 24.4 Å². The number of nitrogens with one attached hydrogen (secondary N) is 2. The van der Waals surface area contributed by atoms with Crippen molar-refractivity contribution in [3.63, 3.8) is 0 Å². The number of anilines is 2. The van der Waals surface area contributed by atoms with Gasteiger partial charge >= 0.3 is 0 Å². The van der Waals surface area contributed by atoms with E-state index in [4.69, 9.17) is 0 Å². The van der Waals surface area contributed by atoms with Crippen molar-refractivity contribution in [2.75, 3.05) is 23.8 Å². The number of pyridine rings is 2. The van der Waals surface area contributed by atoms with E-state index in [1.807, 2.05) is 12.3 Å². The van der Waals surface area contributed by atoms with E-state index >= 15 is 0 Å². The van der Waals surface area contributed by atoms with Crippen molar-refractivity contribution in [3.8, 4) is 0 Å². The summed E-state index contributed by atoms with van der Waals surface area (Å²) in [6, 6.07) is 15.8. The van der Waals surface area contributed by atoms with Gasteiger partial charge in [-0.2, -0.15) is 0 Å². The van der Waals surface area contributed by atoms with E-state index in [1.54, 1.807) is 6.07 Å². The van der Waals surface area contributed by atoms with Gasteiger partial charge < -0.3 is 10.2 Å². The summed E-state index contributed by atoms with van der Waals surface area (Å²) >= 11 is 0. The van der Waals surface area contributed by atoms with Gasteiger partial charge in [-0.25, -0.2) is 23.1 Å². The third-order valence-corrected chi connectivity index (χ3v) is 6.45. The van der Waals surface area contributed by atoms with Crippen molar-refractivity contribution in [1.29, 1.82) is 0 Å².